The lowest BCUT2D eigenvalue weighted by Gasteiger charge is -2.12. The number of carbonyl (C=O) groups excluding carboxylic acids is 1. The Hall–Kier alpha value is -1.10. The SMILES string of the molecule is CCCCC(CCCCCCC(=O)O)C(=O)OO. The van der Waals surface area contributed by atoms with Crippen LogP contribution in [0.2, 0.25) is 0 Å². The molecule has 106 valence electrons. The molecule has 0 aliphatic carbocycles. The molecule has 5 heteroatoms. The summed E-state index contributed by atoms with van der Waals surface area (Å²) >= 11 is 0. The van der Waals surface area contributed by atoms with E-state index in [9.17, 15) is 9.59 Å². The van der Waals surface area contributed by atoms with Crippen LogP contribution in [0.3, 0.4) is 0 Å². The van der Waals surface area contributed by atoms with Crippen molar-refractivity contribution in [3.05, 3.63) is 0 Å². The van der Waals surface area contributed by atoms with Crippen molar-refractivity contribution < 1.29 is 24.8 Å². The zero-order chi connectivity index (χ0) is 13.8. The number of carbonyl (C=O) groups is 2. The second-order valence-electron chi connectivity index (χ2n) is 4.60. The predicted octanol–water partition coefficient (Wildman–Crippen LogP) is 3.23. The number of carboxylic acids is 1. The van der Waals surface area contributed by atoms with Gasteiger partial charge in [-0.25, -0.2) is 4.79 Å². The zero-order valence-electron chi connectivity index (χ0n) is 11.1. The fourth-order valence-electron chi connectivity index (χ4n) is 1.93. The van der Waals surface area contributed by atoms with Crippen molar-refractivity contribution in [3.8, 4) is 0 Å². The summed E-state index contributed by atoms with van der Waals surface area (Å²) in [7, 11) is 0. The van der Waals surface area contributed by atoms with E-state index in [1.54, 1.807) is 0 Å². The molecule has 0 amide bonds. The number of unbranched alkanes of at least 4 members (excludes halogenated alkanes) is 4. The first kappa shape index (κ1) is 16.9. The summed E-state index contributed by atoms with van der Waals surface area (Å²) in [6.45, 7) is 2.05. The van der Waals surface area contributed by atoms with E-state index >= 15 is 0 Å². The lowest BCUT2D eigenvalue weighted by atomic mass is 9.95. The quantitative estimate of drug-likeness (QED) is 0.338. The van der Waals surface area contributed by atoms with Crippen LogP contribution < -0.4 is 0 Å². The fourth-order valence-corrected chi connectivity index (χ4v) is 1.93. The Morgan fingerprint density at radius 2 is 1.67 bits per heavy atom. The normalized spacial score (nSPS) is 12.1. The summed E-state index contributed by atoms with van der Waals surface area (Å²) in [6, 6.07) is 0. The van der Waals surface area contributed by atoms with Gasteiger partial charge in [0.1, 0.15) is 0 Å². The minimum absolute atomic E-state index is 0.206. The average molecular weight is 260 g/mol. The van der Waals surface area contributed by atoms with Crippen LogP contribution in [0.4, 0.5) is 0 Å². The van der Waals surface area contributed by atoms with Gasteiger partial charge in [0.05, 0.1) is 5.92 Å². The molecule has 2 N–H and O–H groups in total. The topological polar surface area (TPSA) is 83.8 Å². The van der Waals surface area contributed by atoms with Gasteiger partial charge in [-0.15, -0.1) is 0 Å². The molecule has 0 rings (SSSR count). The van der Waals surface area contributed by atoms with Gasteiger partial charge in [-0.2, -0.15) is 5.26 Å². The molecule has 0 aliphatic rings. The van der Waals surface area contributed by atoms with Gasteiger partial charge in [-0.05, 0) is 19.3 Å². The third kappa shape index (κ3) is 8.98. The van der Waals surface area contributed by atoms with Gasteiger partial charge in [0.25, 0.3) is 0 Å². The van der Waals surface area contributed by atoms with Crippen LogP contribution in [-0.4, -0.2) is 22.3 Å². The number of hydrogen-bond acceptors (Lipinski definition) is 4. The first-order valence-corrected chi connectivity index (χ1v) is 6.68. The predicted molar refractivity (Wildman–Crippen MR) is 67.1 cm³/mol. The third-order valence-electron chi connectivity index (χ3n) is 3.02. The van der Waals surface area contributed by atoms with Gasteiger partial charge in [0.2, 0.25) is 0 Å². The van der Waals surface area contributed by atoms with Gasteiger partial charge >= 0.3 is 11.9 Å². The average Bonchev–Trinajstić information content (AvgIpc) is 2.35. The minimum atomic E-state index is -0.764. The maximum atomic E-state index is 11.3. The molecular formula is C13H24O5. The Balaban J connectivity index is 3.68. The van der Waals surface area contributed by atoms with Crippen molar-refractivity contribution in [1.82, 2.24) is 0 Å². The van der Waals surface area contributed by atoms with Gasteiger partial charge < -0.3 is 9.99 Å². The summed E-state index contributed by atoms with van der Waals surface area (Å²) in [5.74, 6) is -1.54. The summed E-state index contributed by atoms with van der Waals surface area (Å²) in [6.07, 6.45) is 6.92. The van der Waals surface area contributed by atoms with E-state index in [4.69, 9.17) is 10.4 Å². The maximum Gasteiger partial charge on any atom is 0.345 e. The highest BCUT2D eigenvalue weighted by Crippen LogP contribution is 2.18. The molecule has 0 aliphatic heterocycles. The van der Waals surface area contributed by atoms with Crippen molar-refractivity contribution in [3.63, 3.8) is 0 Å². The van der Waals surface area contributed by atoms with Crippen molar-refractivity contribution in [2.24, 2.45) is 5.92 Å². The lowest BCUT2D eigenvalue weighted by molar-refractivity contribution is -0.239. The molecule has 0 fully saturated rings. The molecule has 1 unspecified atom stereocenters. The molecule has 0 heterocycles. The van der Waals surface area contributed by atoms with Crippen LogP contribution in [-0.2, 0) is 14.5 Å². The minimum Gasteiger partial charge on any atom is -0.481 e. The van der Waals surface area contributed by atoms with Gasteiger partial charge in [0.15, 0.2) is 0 Å². The highest BCUT2D eigenvalue weighted by Gasteiger charge is 2.19. The smallest absolute Gasteiger partial charge is 0.345 e. The van der Waals surface area contributed by atoms with Crippen LogP contribution in [0.5, 0.6) is 0 Å². The fraction of sp³-hybridized carbons (Fsp3) is 0.846. The van der Waals surface area contributed by atoms with Crippen molar-refractivity contribution in [2.75, 3.05) is 0 Å². The Labute approximate surface area is 108 Å². The molecule has 0 aromatic rings. The molecule has 0 aromatic carbocycles. The van der Waals surface area contributed by atoms with E-state index in [1.165, 1.54) is 0 Å². The van der Waals surface area contributed by atoms with Crippen LogP contribution >= 0.6 is 0 Å². The summed E-state index contributed by atoms with van der Waals surface area (Å²) in [5.41, 5.74) is 0. The Morgan fingerprint density at radius 1 is 1.06 bits per heavy atom. The molecule has 0 spiro atoms. The zero-order valence-corrected chi connectivity index (χ0v) is 11.1. The Kier molecular flexibility index (Phi) is 10.3. The monoisotopic (exact) mass is 260 g/mol. The van der Waals surface area contributed by atoms with E-state index in [0.29, 0.717) is 12.8 Å². The van der Waals surface area contributed by atoms with E-state index in [-0.39, 0.29) is 12.3 Å². The van der Waals surface area contributed by atoms with Crippen molar-refractivity contribution in [1.29, 1.82) is 0 Å². The lowest BCUT2D eigenvalue weighted by Crippen LogP contribution is -2.16. The number of carboxylic acid groups (broad SMARTS) is 1. The summed E-state index contributed by atoms with van der Waals surface area (Å²) in [4.78, 5) is 25.4. The van der Waals surface area contributed by atoms with Crippen molar-refractivity contribution >= 4 is 11.9 Å². The van der Waals surface area contributed by atoms with Crippen molar-refractivity contribution in [2.45, 2.75) is 64.7 Å². The van der Waals surface area contributed by atoms with E-state index in [1.807, 2.05) is 6.92 Å². The number of aliphatic carboxylic acids is 1. The summed E-state index contributed by atoms with van der Waals surface area (Å²) in [5, 5.41) is 16.9. The van der Waals surface area contributed by atoms with Crippen LogP contribution in [0.15, 0.2) is 0 Å². The molecule has 18 heavy (non-hydrogen) atoms. The van der Waals surface area contributed by atoms with Gasteiger partial charge in [0, 0.05) is 6.42 Å². The maximum absolute atomic E-state index is 11.3. The first-order valence-electron chi connectivity index (χ1n) is 6.68. The Morgan fingerprint density at radius 3 is 2.22 bits per heavy atom. The first-order chi connectivity index (χ1) is 8.61. The van der Waals surface area contributed by atoms with Crippen LogP contribution in [0.1, 0.15) is 64.7 Å². The Bertz CT molecular complexity index is 240. The second kappa shape index (κ2) is 11.0. The standard InChI is InChI=1S/C13H24O5/c1-2-3-8-11(13(16)18-17)9-6-4-5-7-10-12(14)15/h11,17H,2-10H2,1H3,(H,14,15). The number of hydrogen-bond donors (Lipinski definition) is 2. The van der Waals surface area contributed by atoms with E-state index < -0.39 is 11.9 Å². The molecular weight excluding hydrogens is 236 g/mol. The molecule has 0 bridgehead atoms. The molecule has 1 atom stereocenters. The number of rotatable bonds is 11. The van der Waals surface area contributed by atoms with Gasteiger partial charge in [-0.3, -0.25) is 4.79 Å². The third-order valence-corrected chi connectivity index (χ3v) is 3.02. The molecule has 0 radical (unpaired) electrons. The summed E-state index contributed by atoms with van der Waals surface area (Å²) < 4.78 is 0. The largest absolute Gasteiger partial charge is 0.481 e. The molecule has 0 saturated carbocycles. The highest BCUT2D eigenvalue weighted by molar-refractivity contribution is 5.71. The molecule has 5 nitrogen and oxygen atoms in total. The highest BCUT2D eigenvalue weighted by atomic mass is 17.1. The van der Waals surface area contributed by atoms with Gasteiger partial charge in [-0.1, -0.05) is 39.0 Å². The van der Waals surface area contributed by atoms with Crippen LogP contribution in [0, 0.1) is 5.92 Å². The van der Waals surface area contributed by atoms with E-state index in [2.05, 4.69) is 4.89 Å². The van der Waals surface area contributed by atoms with E-state index in [0.717, 1.165) is 38.5 Å². The van der Waals surface area contributed by atoms with Crippen LogP contribution in [0.25, 0.3) is 0 Å². The molecule has 0 saturated heterocycles. The molecule has 0 aromatic heterocycles. The second-order valence-corrected chi connectivity index (χ2v) is 4.60.